The summed E-state index contributed by atoms with van der Waals surface area (Å²) in [7, 11) is 4.17. The first-order valence-corrected chi connectivity index (χ1v) is 6.28. The van der Waals surface area contributed by atoms with E-state index in [-0.39, 0.29) is 0 Å². The molecule has 0 aromatic heterocycles. The molecule has 0 aliphatic heterocycles. The summed E-state index contributed by atoms with van der Waals surface area (Å²) in [6, 6.07) is 8.64. The number of hydrogen-bond donors (Lipinski definition) is 1. The lowest BCUT2D eigenvalue weighted by molar-refractivity contribution is 0.322. The molecule has 1 rings (SSSR count). The second-order valence-corrected chi connectivity index (χ2v) is 4.47. The van der Waals surface area contributed by atoms with Crippen LogP contribution in [0.1, 0.15) is 24.0 Å². The maximum absolute atomic E-state index is 3.75. The third kappa shape index (κ3) is 5.16. The van der Waals surface area contributed by atoms with Crippen LogP contribution in [0.2, 0.25) is 0 Å². The van der Waals surface area contributed by atoms with Crippen LogP contribution in [0, 0.1) is 0 Å². The van der Waals surface area contributed by atoms with E-state index in [0.29, 0.717) is 0 Å². The molecule has 2 nitrogen and oxygen atoms in total. The molecule has 1 aromatic rings. The van der Waals surface area contributed by atoms with Crippen molar-refractivity contribution in [2.24, 2.45) is 0 Å². The Kier molecular flexibility index (Phi) is 6.60. The van der Waals surface area contributed by atoms with Crippen molar-refractivity contribution in [3.63, 3.8) is 0 Å². The molecule has 0 bridgehead atoms. The minimum Gasteiger partial charge on any atom is -0.316 e. The topological polar surface area (TPSA) is 15.3 Å². The average Bonchev–Trinajstić information content (AvgIpc) is 2.32. The van der Waals surface area contributed by atoms with Gasteiger partial charge in [0.1, 0.15) is 0 Å². The highest BCUT2D eigenvalue weighted by Gasteiger charge is 2.04. The highest BCUT2D eigenvalue weighted by molar-refractivity contribution is 5.26. The van der Waals surface area contributed by atoms with Crippen LogP contribution in [-0.4, -0.2) is 25.5 Å². The first-order chi connectivity index (χ1) is 8.27. The maximum Gasteiger partial charge on any atom is 0.0233 e. The van der Waals surface area contributed by atoms with E-state index >= 15 is 0 Å². The first-order valence-electron chi connectivity index (χ1n) is 6.28. The Bertz CT molecular complexity index is 333. The van der Waals surface area contributed by atoms with Gasteiger partial charge >= 0.3 is 0 Å². The number of hydrogen-bond acceptors (Lipinski definition) is 2. The van der Waals surface area contributed by atoms with Crippen molar-refractivity contribution in [1.29, 1.82) is 0 Å². The molecule has 0 heterocycles. The van der Waals surface area contributed by atoms with Gasteiger partial charge in [0.05, 0.1) is 0 Å². The van der Waals surface area contributed by atoms with Crippen molar-refractivity contribution >= 4 is 0 Å². The number of nitrogens with zero attached hydrogens (tertiary/aromatic N) is 1. The summed E-state index contributed by atoms with van der Waals surface area (Å²) in [5.41, 5.74) is 2.81. The zero-order valence-electron chi connectivity index (χ0n) is 11.1. The van der Waals surface area contributed by atoms with Crippen molar-refractivity contribution in [3.05, 3.63) is 48.0 Å². The standard InChI is InChI=1S/C15H24N2/c1-4-5-8-11-17(3)13-15-10-7-6-9-14(15)12-16-2/h4,6-7,9-10,16H,1,5,8,11-13H2,2-3H3. The van der Waals surface area contributed by atoms with E-state index in [1.54, 1.807) is 0 Å². The van der Waals surface area contributed by atoms with Crippen LogP contribution in [0.4, 0.5) is 0 Å². The second-order valence-electron chi connectivity index (χ2n) is 4.47. The molecule has 0 saturated carbocycles. The largest absolute Gasteiger partial charge is 0.316 e. The van der Waals surface area contributed by atoms with Crippen LogP contribution >= 0.6 is 0 Å². The van der Waals surface area contributed by atoms with E-state index in [0.717, 1.165) is 26.1 Å². The minimum absolute atomic E-state index is 0.941. The fourth-order valence-electron chi connectivity index (χ4n) is 1.95. The molecule has 0 saturated heterocycles. The molecule has 0 unspecified atom stereocenters. The van der Waals surface area contributed by atoms with Crippen molar-refractivity contribution in [1.82, 2.24) is 10.2 Å². The van der Waals surface area contributed by atoms with E-state index in [9.17, 15) is 0 Å². The zero-order chi connectivity index (χ0) is 12.5. The van der Waals surface area contributed by atoms with E-state index < -0.39 is 0 Å². The number of allylic oxidation sites excluding steroid dienone is 1. The summed E-state index contributed by atoms with van der Waals surface area (Å²) in [4.78, 5) is 2.37. The van der Waals surface area contributed by atoms with Gasteiger partial charge in [0.15, 0.2) is 0 Å². The van der Waals surface area contributed by atoms with Crippen molar-refractivity contribution in [3.8, 4) is 0 Å². The van der Waals surface area contributed by atoms with Gasteiger partial charge in [-0.15, -0.1) is 6.58 Å². The zero-order valence-corrected chi connectivity index (χ0v) is 11.1. The molecule has 0 aliphatic rings. The highest BCUT2D eigenvalue weighted by atomic mass is 15.1. The van der Waals surface area contributed by atoms with E-state index in [1.807, 2.05) is 13.1 Å². The van der Waals surface area contributed by atoms with Gasteiger partial charge in [0.2, 0.25) is 0 Å². The molecule has 1 N–H and O–H groups in total. The SMILES string of the molecule is C=CCCCN(C)Cc1ccccc1CNC. The predicted octanol–water partition coefficient (Wildman–Crippen LogP) is 2.80. The van der Waals surface area contributed by atoms with E-state index in [1.165, 1.54) is 17.5 Å². The Labute approximate surface area is 105 Å². The van der Waals surface area contributed by atoms with Gasteiger partial charge in [-0.1, -0.05) is 30.3 Å². The Morgan fingerprint density at radius 1 is 1.29 bits per heavy atom. The lowest BCUT2D eigenvalue weighted by Gasteiger charge is -2.18. The van der Waals surface area contributed by atoms with Gasteiger partial charge in [-0.05, 0) is 44.6 Å². The van der Waals surface area contributed by atoms with Gasteiger partial charge in [-0.25, -0.2) is 0 Å². The van der Waals surface area contributed by atoms with Gasteiger partial charge in [0.25, 0.3) is 0 Å². The third-order valence-corrected chi connectivity index (χ3v) is 2.87. The summed E-state index contributed by atoms with van der Waals surface area (Å²) in [5, 5.41) is 3.22. The maximum atomic E-state index is 3.75. The summed E-state index contributed by atoms with van der Waals surface area (Å²) < 4.78 is 0. The fraction of sp³-hybridized carbons (Fsp3) is 0.467. The fourth-order valence-corrected chi connectivity index (χ4v) is 1.95. The van der Waals surface area contributed by atoms with Crippen LogP contribution in [0.25, 0.3) is 0 Å². The molecular weight excluding hydrogens is 208 g/mol. The molecule has 17 heavy (non-hydrogen) atoms. The van der Waals surface area contributed by atoms with Crippen LogP contribution < -0.4 is 5.32 Å². The highest BCUT2D eigenvalue weighted by Crippen LogP contribution is 2.11. The summed E-state index contributed by atoms with van der Waals surface area (Å²) in [6.07, 6.45) is 4.28. The molecule has 2 heteroatoms. The van der Waals surface area contributed by atoms with E-state index in [4.69, 9.17) is 0 Å². The monoisotopic (exact) mass is 232 g/mol. The normalized spacial score (nSPS) is 10.8. The summed E-state index contributed by atoms with van der Waals surface area (Å²) >= 11 is 0. The molecule has 0 aliphatic carbocycles. The first kappa shape index (κ1) is 13.9. The predicted molar refractivity (Wildman–Crippen MR) is 75.0 cm³/mol. The second kappa shape index (κ2) is 8.04. The smallest absolute Gasteiger partial charge is 0.0233 e. The Morgan fingerprint density at radius 2 is 2.00 bits per heavy atom. The number of unbranched alkanes of at least 4 members (excludes halogenated alkanes) is 1. The van der Waals surface area contributed by atoms with E-state index in [2.05, 4.69) is 48.1 Å². The Hall–Kier alpha value is -1.12. The number of nitrogens with one attached hydrogen (secondary N) is 1. The molecule has 94 valence electrons. The van der Waals surface area contributed by atoms with Gasteiger partial charge in [-0.2, -0.15) is 0 Å². The quantitative estimate of drug-likeness (QED) is 0.548. The number of benzene rings is 1. The van der Waals surface area contributed by atoms with Crippen LogP contribution in [0.15, 0.2) is 36.9 Å². The minimum atomic E-state index is 0.941. The van der Waals surface area contributed by atoms with Crippen LogP contribution in [0.5, 0.6) is 0 Å². The Morgan fingerprint density at radius 3 is 2.65 bits per heavy atom. The van der Waals surface area contributed by atoms with Crippen molar-refractivity contribution in [2.75, 3.05) is 20.6 Å². The number of rotatable bonds is 8. The third-order valence-electron chi connectivity index (χ3n) is 2.87. The average molecular weight is 232 g/mol. The van der Waals surface area contributed by atoms with Gasteiger partial charge in [0, 0.05) is 13.1 Å². The summed E-state index contributed by atoms with van der Waals surface area (Å²) in [6.45, 7) is 6.84. The van der Waals surface area contributed by atoms with Crippen LogP contribution in [-0.2, 0) is 13.1 Å². The molecule has 1 aromatic carbocycles. The van der Waals surface area contributed by atoms with Crippen LogP contribution in [0.3, 0.4) is 0 Å². The molecule has 0 fully saturated rings. The lowest BCUT2D eigenvalue weighted by Crippen LogP contribution is -2.20. The molecular formula is C15H24N2. The molecule has 0 radical (unpaired) electrons. The summed E-state index contributed by atoms with van der Waals surface area (Å²) in [5.74, 6) is 0. The van der Waals surface area contributed by atoms with Crippen molar-refractivity contribution < 1.29 is 0 Å². The molecule has 0 spiro atoms. The molecule has 0 amide bonds. The molecule has 0 atom stereocenters. The Balaban J connectivity index is 2.51. The van der Waals surface area contributed by atoms with Gasteiger partial charge in [-0.3, -0.25) is 0 Å². The van der Waals surface area contributed by atoms with Crippen molar-refractivity contribution in [2.45, 2.75) is 25.9 Å². The van der Waals surface area contributed by atoms with Gasteiger partial charge < -0.3 is 10.2 Å². The lowest BCUT2D eigenvalue weighted by atomic mass is 10.1.